The van der Waals surface area contributed by atoms with E-state index in [4.69, 9.17) is 0 Å². The van der Waals surface area contributed by atoms with E-state index < -0.39 is 29.3 Å². The molecule has 6 heteroatoms. The Hall–Kier alpha value is -1.53. The fourth-order valence-electron chi connectivity index (χ4n) is 1.78. The van der Waals surface area contributed by atoms with Crippen molar-refractivity contribution < 1.29 is 18.7 Å². The maximum atomic E-state index is 13.3. The molecule has 0 aliphatic heterocycles. The fourth-order valence-corrected chi connectivity index (χ4v) is 1.78. The van der Waals surface area contributed by atoms with Gasteiger partial charge in [0.05, 0.1) is 12.6 Å². The van der Waals surface area contributed by atoms with Crippen LogP contribution in [-0.4, -0.2) is 30.2 Å². The van der Waals surface area contributed by atoms with Gasteiger partial charge in [0.2, 0.25) is 5.91 Å². The van der Waals surface area contributed by atoms with Gasteiger partial charge in [-0.1, -0.05) is 19.9 Å². The highest BCUT2D eigenvalue weighted by Gasteiger charge is 2.12. The lowest BCUT2D eigenvalue weighted by molar-refractivity contribution is -0.115. The average Bonchev–Trinajstić information content (AvgIpc) is 2.33. The second-order valence-corrected chi connectivity index (χ2v) is 5.06. The molecule has 0 spiro atoms. The molecule has 1 rings (SSSR count). The second kappa shape index (κ2) is 7.91. The average molecular weight is 286 g/mol. The van der Waals surface area contributed by atoms with E-state index in [2.05, 4.69) is 10.6 Å². The van der Waals surface area contributed by atoms with Crippen LogP contribution in [0, 0.1) is 17.6 Å². The molecule has 0 heterocycles. The molecule has 1 aromatic rings. The lowest BCUT2D eigenvalue weighted by Gasteiger charge is -2.14. The Kier molecular flexibility index (Phi) is 6.54. The molecule has 0 bridgehead atoms. The van der Waals surface area contributed by atoms with Crippen LogP contribution in [0.1, 0.15) is 20.3 Å². The van der Waals surface area contributed by atoms with Crippen molar-refractivity contribution in [2.75, 3.05) is 18.4 Å². The first-order valence-electron chi connectivity index (χ1n) is 6.52. The molecule has 0 aliphatic carbocycles. The third-order valence-electron chi connectivity index (χ3n) is 2.64. The predicted octanol–water partition coefficient (Wildman–Crippen LogP) is 1.90. The summed E-state index contributed by atoms with van der Waals surface area (Å²) in [6, 6.07) is 3.36. The van der Waals surface area contributed by atoms with Gasteiger partial charge in [0.15, 0.2) is 0 Å². The summed E-state index contributed by atoms with van der Waals surface area (Å²) in [5, 5.41) is 14.5. The highest BCUT2D eigenvalue weighted by molar-refractivity contribution is 5.92. The molecular weight excluding hydrogens is 266 g/mol. The van der Waals surface area contributed by atoms with E-state index >= 15 is 0 Å². The van der Waals surface area contributed by atoms with Gasteiger partial charge in [-0.05, 0) is 24.5 Å². The molecule has 4 nitrogen and oxygen atoms in total. The monoisotopic (exact) mass is 286 g/mol. The van der Waals surface area contributed by atoms with Crippen molar-refractivity contribution in [2.45, 2.75) is 26.4 Å². The van der Waals surface area contributed by atoms with Gasteiger partial charge in [-0.15, -0.1) is 0 Å². The van der Waals surface area contributed by atoms with E-state index in [9.17, 15) is 18.7 Å². The zero-order chi connectivity index (χ0) is 15.1. The van der Waals surface area contributed by atoms with Crippen molar-refractivity contribution in [1.29, 1.82) is 0 Å². The first-order chi connectivity index (χ1) is 9.40. The first-order valence-corrected chi connectivity index (χ1v) is 6.52. The van der Waals surface area contributed by atoms with Gasteiger partial charge >= 0.3 is 0 Å². The molecule has 0 saturated carbocycles. The molecule has 0 fully saturated rings. The van der Waals surface area contributed by atoms with Crippen LogP contribution < -0.4 is 10.6 Å². The van der Waals surface area contributed by atoms with E-state index in [1.54, 1.807) is 0 Å². The van der Waals surface area contributed by atoms with Crippen molar-refractivity contribution in [3.05, 3.63) is 29.8 Å². The molecule has 112 valence electrons. The Bertz CT molecular complexity index is 433. The van der Waals surface area contributed by atoms with Gasteiger partial charge in [-0.2, -0.15) is 0 Å². The number of benzene rings is 1. The van der Waals surface area contributed by atoms with Crippen molar-refractivity contribution in [3.8, 4) is 0 Å². The Labute approximate surface area is 117 Å². The molecule has 20 heavy (non-hydrogen) atoms. The van der Waals surface area contributed by atoms with Gasteiger partial charge in [-0.25, -0.2) is 8.78 Å². The number of rotatable bonds is 7. The Morgan fingerprint density at radius 1 is 1.30 bits per heavy atom. The number of carbonyl (C=O) groups is 1. The summed E-state index contributed by atoms with van der Waals surface area (Å²) in [6.07, 6.45) is 0.0734. The van der Waals surface area contributed by atoms with Crippen LogP contribution in [-0.2, 0) is 4.79 Å². The summed E-state index contributed by atoms with van der Waals surface area (Å²) in [7, 11) is 0. The lowest BCUT2D eigenvalue weighted by atomic mass is 10.1. The van der Waals surface area contributed by atoms with Gasteiger partial charge in [-0.3, -0.25) is 4.79 Å². The highest BCUT2D eigenvalue weighted by atomic mass is 19.1. The van der Waals surface area contributed by atoms with Crippen molar-refractivity contribution >= 4 is 11.6 Å². The summed E-state index contributed by atoms with van der Waals surface area (Å²) < 4.78 is 26.6. The van der Waals surface area contributed by atoms with Crippen LogP contribution >= 0.6 is 0 Å². The Morgan fingerprint density at radius 2 is 1.90 bits per heavy atom. The van der Waals surface area contributed by atoms with Crippen LogP contribution in [0.2, 0.25) is 0 Å². The summed E-state index contributed by atoms with van der Waals surface area (Å²) in [4.78, 5) is 11.5. The summed E-state index contributed by atoms with van der Waals surface area (Å²) in [5.74, 6) is -1.85. The molecule has 1 atom stereocenters. The number of anilines is 1. The number of nitrogens with one attached hydrogen (secondary N) is 2. The molecule has 0 radical (unpaired) electrons. The zero-order valence-corrected chi connectivity index (χ0v) is 11.6. The third kappa shape index (κ3) is 5.63. The molecule has 3 N–H and O–H groups in total. The minimum atomic E-state index is -0.821. The van der Waals surface area contributed by atoms with Crippen LogP contribution in [0.15, 0.2) is 18.2 Å². The molecule has 1 unspecified atom stereocenters. The van der Waals surface area contributed by atoms with Gasteiger partial charge in [0.1, 0.15) is 17.3 Å². The van der Waals surface area contributed by atoms with Crippen molar-refractivity contribution in [3.63, 3.8) is 0 Å². The number of carbonyl (C=O) groups excluding carboxylic acids is 1. The molecule has 0 aliphatic rings. The molecule has 0 aromatic heterocycles. The standard InChI is InChI=1S/C14H20F2N2O2/c1-9(2)6-10(19)7-17-8-13(20)18-14-11(15)4-3-5-12(14)16/h3-5,9-10,17,19H,6-8H2,1-2H3,(H,18,20). The van der Waals surface area contributed by atoms with E-state index in [1.807, 2.05) is 13.8 Å². The fraction of sp³-hybridized carbons (Fsp3) is 0.500. The number of aliphatic hydroxyl groups excluding tert-OH is 1. The normalized spacial score (nSPS) is 12.5. The van der Waals surface area contributed by atoms with E-state index in [-0.39, 0.29) is 13.1 Å². The predicted molar refractivity (Wildman–Crippen MR) is 73.3 cm³/mol. The van der Waals surface area contributed by atoms with E-state index in [0.717, 1.165) is 12.1 Å². The number of hydrogen-bond acceptors (Lipinski definition) is 3. The number of amides is 1. The van der Waals surface area contributed by atoms with Gasteiger partial charge in [0, 0.05) is 6.54 Å². The largest absolute Gasteiger partial charge is 0.392 e. The van der Waals surface area contributed by atoms with Crippen LogP contribution in [0.5, 0.6) is 0 Å². The maximum Gasteiger partial charge on any atom is 0.238 e. The third-order valence-corrected chi connectivity index (χ3v) is 2.64. The molecule has 1 amide bonds. The topological polar surface area (TPSA) is 61.4 Å². The number of halogens is 2. The van der Waals surface area contributed by atoms with Gasteiger partial charge in [0.25, 0.3) is 0 Å². The first kappa shape index (κ1) is 16.5. The maximum absolute atomic E-state index is 13.3. The zero-order valence-electron chi connectivity index (χ0n) is 11.6. The number of hydrogen-bond donors (Lipinski definition) is 3. The van der Waals surface area contributed by atoms with Crippen molar-refractivity contribution in [2.24, 2.45) is 5.92 Å². The molecule has 0 saturated heterocycles. The number of aliphatic hydroxyl groups is 1. The van der Waals surface area contributed by atoms with Gasteiger partial charge < -0.3 is 15.7 Å². The minimum Gasteiger partial charge on any atom is -0.392 e. The van der Waals surface area contributed by atoms with E-state index in [1.165, 1.54) is 6.07 Å². The quantitative estimate of drug-likeness (QED) is 0.717. The lowest BCUT2D eigenvalue weighted by Crippen LogP contribution is -2.34. The summed E-state index contributed by atoms with van der Waals surface area (Å²) in [6.45, 7) is 4.10. The van der Waals surface area contributed by atoms with Crippen LogP contribution in [0.3, 0.4) is 0 Å². The highest BCUT2D eigenvalue weighted by Crippen LogP contribution is 2.17. The number of para-hydroxylation sites is 1. The summed E-state index contributed by atoms with van der Waals surface area (Å²) in [5.41, 5.74) is -0.456. The molecule has 1 aromatic carbocycles. The minimum absolute atomic E-state index is 0.122. The van der Waals surface area contributed by atoms with Crippen LogP contribution in [0.25, 0.3) is 0 Å². The smallest absolute Gasteiger partial charge is 0.238 e. The van der Waals surface area contributed by atoms with Crippen LogP contribution in [0.4, 0.5) is 14.5 Å². The second-order valence-electron chi connectivity index (χ2n) is 5.06. The summed E-state index contributed by atoms with van der Waals surface area (Å²) >= 11 is 0. The van der Waals surface area contributed by atoms with E-state index in [0.29, 0.717) is 12.3 Å². The Morgan fingerprint density at radius 3 is 2.45 bits per heavy atom. The van der Waals surface area contributed by atoms with Crippen molar-refractivity contribution in [1.82, 2.24) is 5.32 Å². The SMILES string of the molecule is CC(C)CC(O)CNCC(=O)Nc1c(F)cccc1F. The molecular formula is C14H20F2N2O2. The Balaban J connectivity index is 2.37.